The lowest BCUT2D eigenvalue weighted by Crippen LogP contribution is -2.09. The molecule has 2 aromatic carbocycles. The molecule has 4 nitrogen and oxygen atoms in total. The average molecular weight is 348 g/mol. The fourth-order valence-electron chi connectivity index (χ4n) is 2.91. The molecule has 134 valence electrons. The third kappa shape index (κ3) is 4.02. The first-order valence-electron chi connectivity index (χ1n) is 9.04. The first-order valence-corrected chi connectivity index (χ1v) is 9.04. The van der Waals surface area contributed by atoms with Crippen molar-refractivity contribution in [1.82, 2.24) is 9.78 Å². The summed E-state index contributed by atoms with van der Waals surface area (Å²) in [5.41, 5.74) is 4.01. The summed E-state index contributed by atoms with van der Waals surface area (Å²) in [6, 6.07) is 19.5. The summed E-state index contributed by atoms with van der Waals surface area (Å²) >= 11 is 0. The van der Waals surface area contributed by atoms with Gasteiger partial charge in [-0.2, -0.15) is 5.10 Å². The number of carbonyl (C=O) groups excluding carboxylic acids is 1. The Labute approximate surface area is 154 Å². The van der Waals surface area contributed by atoms with E-state index in [0.717, 1.165) is 36.2 Å². The maximum Gasteiger partial charge on any atom is 0.342 e. The molecule has 26 heavy (non-hydrogen) atoms. The van der Waals surface area contributed by atoms with Crippen molar-refractivity contribution >= 4 is 5.97 Å². The van der Waals surface area contributed by atoms with E-state index in [9.17, 15) is 4.79 Å². The van der Waals surface area contributed by atoms with Crippen LogP contribution in [0, 0.1) is 6.92 Å². The van der Waals surface area contributed by atoms with E-state index < -0.39 is 0 Å². The Kier molecular flexibility index (Phi) is 5.84. The first-order chi connectivity index (χ1) is 12.7. The smallest absolute Gasteiger partial charge is 0.342 e. The summed E-state index contributed by atoms with van der Waals surface area (Å²) in [7, 11) is 0. The van der Waals surface area contributed by atoms with Gasteiger partial charge in [0.15, 0.2) is 0 Å². The largest absolute Gasteiger partial charge is 0.457 e. The third-order valence-corrected chi connectivity index (χ3v) is 4.39. The molecule has 0 amide bonds. The summed E-state index contributed by atoms with van der Waals surface area (Å²) in [4.78, 5) is 12.8. The number of ether oxygens (including phenoxy) is 1. The second-order valence-corrected chi connectivity index (χ2v) is 6.31. The van der Waals surface area contributed by atoms with Crippen molar-refractivity contribution in [3.8, 4) is 11.3 Å². The molecule has 0 bridgehead atoms. The van der Waals surface area contributed by atoms with E-state index in [1.54, 1.807) is 0 Å². The molecule has 4 heteroatoms. The van der Waals surface area contributed by atoms with E-state index in [1.807, 2.05) is 72.3 Å². The van der Waals surface area contributed by atoms with Crippen molar-refractivity contribution in [2.45, 2.75) is 39.8 Å². The van der Waals surface area contributed by atoms with Gasteiger partial charge in [0.1, 0.15) is 17.9 Å². The topological polar surface area (TPSA) is 44.1 Å². The highest BCUT2D eigenvalue weighted by Crippen LogP contribution is 2.26. The lowest BCUT2D eigenvalue weighted by atomic mass is 10.1. The number of unbranched alkanes of at least 4 members (excludes halogenated alkanes) is 1. The lowest BCUT2D eigenvalue weighted by molar-refractivity contribution is 0.0472. The zero-order valence-electron chi connectivity index (χ0n) is 15.3. The van der Waals surface area contributed by atoms with E-state index in [0.29, 0.717) is 11.3 Å². The monoisotopic (exact) mass is 348 g/mol. The van der Waals surface area contributed by atoms with Crippen molar-refractivity contribution in [3.05, 3.63) is 77.5 Å². The molecule has 0 fully saturated rings. The molecule has 0 saturated heterocycles. The Balaban J connectivity index is 1.90. The zero-order chi connectivity index (χ0) is 18.4. The van der Waals surface area contributed by atoms with Gasteiger partial charge in [0.05, 0.1) is 5.69 Å². The Hall–Kier alpha value is -2.88. The van der Waals surface area contributed by atoms with Crippen LogP contribution in [-0.4, -0.2) is 15.7 Å². The Morgan fingerprint density at radius 3 is 2.35 bits per heavy atom. The second kappa shape index (κ2) is 8.48. The molecule has 0 atom stereocenters. The highest BCUT2D eigenvalue weighted by atomic mass is 16.5. The highest BCUT2D eigenvalue weighted by molar-refractivity contribution is 5.97. The number of nitrogens with zero attached hydrogens (tertiary/aromatic N) is 2. The average Bonchev–Trinajstić information content (AvgIpc) is 3.02. The van der Waals surface area contributed by atoms with Gasteiger partial charge >= 0.3 is 5.97 Å². The standard InChI is InChI=1S/C22H24N2O2/c1-3-4-15-24-17(2)20(21(23-24)19-13-9-6-10-14-19)22(25)26-16-18-11-7-5-8-12-18/h5-14H,3-4,15-16H2,1-2H3. The highest BCUT2D eigenvalue weighted by Gasteiger charge is 2.23. The molecular weight excluding hydrogens is 324 g/mol. The van der Waals surface area contributed by atoms with Crippen LogP contribution in [0.3, 0.4) is 0 Å². The molecule has 1 heterocycles. The van der Waals surface area contributed by atoms with E-state index in [1.165, 1.54) is 0 Å². The van der Waals surface area contributed by atoms with Crippen molar-refractivity contribution in [2.24, 2.45) is 0 Å². The van der Waals surface area contributed by atoms with Crippen LogP contribution >= 0.6 is 0 Å². The number of aromatic nitrogens is 2. The van der Waals surface area contributed by atoms with Crippen LogP contribution in [-0.2, 0) is 17.9 Å². The fraction of sp³-hybridized carbons (Fsp3) is 0.273. The van der Waals surface area contributed by atoms with E-state index >= 15 is 0 Å². The van der Waals surface area contributed by atoms with Crippen LogP contribution in [0.25, 0.3) is 11.3 Å². The maximum atomic E-state index is 12.8. The van der Waals surface area contributed by atoms with Gasteiger partial charge in [-0.3, -0.25) is 4.68 Å². The molecule has 0 saturated carbocycles. The molecule has 0 unspecified atom stereocenters. The number of aryl methyl sites for hydroxylation is 1. The second-order valence-electron chi connectivity index (χ2n) is 6.31. The van der Waals surface area contributed by atoms with E-state index in [2.05, 4.69) is 6.92 Å². The van der Waals surface area contributed by atoms with E-state index in [4.69, 9.17) is 9.84 Å². The molecule has 1 aromatic heterocycles. The van der Waals surface area contributed by atoms with Crippen molar-refractivity contribution in [1.29, 1.82) is 0 Å². The summed E-state index contributed by atoms with van der Waals surface area (Å²) < 4.78 is 7.50. The molecular formula is C22H24N2O2. The number of carbonyl (C=O) groups is 1. The molecule has 0 aliphatic rings. The summed E-state index contributed by atoms with van der Waals surface area (Å²) in [6.45, 7) is 5.14. The molecule has 0 N–H and O–H groups in total. The minimum atomic E-state index is -0.326. The summed E-state index contributed by atoms with van der Waals surface area (Å²) in [6.07, 6.45) is 2.10. The third-order valence-electron chi connectivity index (χ3n) is 4.39. The number of benzene rings is 2. The van der Waals surface area contributed by atoms with Gasteiger partial charge in [-0.05, 0) is 18.9 Å². The molecule has 0 radical (unpaired) electrons. The van der Waals surface area contributed by atoms with Crippen LogP contribution in [0.2, 0.25) is 0 Å². The normalized spacial score (nSPS) is 10.7. The first kappa shape index (κ1) is 17.9. The number of hydrogen-bond acceptors (Lipinski definition) is 3. The van der Waals surface area contributed by atoms with Gasteiger partial charge in [-0.1, -0.05) is 74.0 Å². The van der Waals surface area contributed by atoms with Crippen molar-refractivity contribution in [3.63, 3.8) is 0 Å². The van der Waals surface area contributed by atoms with Gasteiger partial charge in [0.2, 0.25) is 0 Å². The minimum absolute atomic E-state index is 0.257. The molecule has 0 spiro atoms. The quantitative estimate of drug-likeness (QED) is 0.563. The van der Waals surface area contributed by atoms with Crippen LogP contribution in [0.15, 0.2) is 60.7 Å². The predicted molar refractivity (Wildman–Crippen MR) is 103 cm³/mol. The lowest BCUT2D eigenvalue weighted by Gasteiger charge is -2.07. The summed E-state index contributed by atoms with van der Waals surface area (Å²) in [5, 5.41) is 4.71. The Morgan fingerprint density at radius 2 is 1.69 bits per heavy atom. The zero-order valence-corrected chi connectivity index (χ0v) is 15.3. The fourth-order valence-corrected chi connectivity index (χ4v) is 2.91. The maximum absolute atomic E-state index is 12.8. The van der Waals surface area contributed by atoms with Crippen molar-refractivity contribution < 1.29 is 9.53 Å². The van der Waals surface area contributed by atoms with Gasteiger partial charge in [-0.25, -0.2) is 4.79 Å². The van der Waals surface area contributed by atoms with E-state index in [-0.39, 0.29) is 12.6 Å². The summed E-state index contributed by atoms with van der Waals surface area (Å²) in [5.74, 6) is -0.326. The Morgan fingerprint density at radius 1 is 1.04 bits per heavy atom. The van der Waals surface area contributed by atoms with Crippen LogP contribution < -0.4 is 0 Å². The SMILES string of the molecule is CCCCn1nc(-c2ccccc2)c(C(=O)OCc2ccccc2)c1C. The predicted octanol–water partition coefficient (Wildman–Crippen LogP) is 5.02. The van der Waals surface area contributed by atoms with Crippen LogP contribution in [0.1, 0.15) is 41.4 Å². The number of rotatable bonds is 7. The van der Waals surface area contributed by atoms with Gasteiger partial charge in [-0.15, -0.1) is 0 Å². The van der Waals surface area contributed by atoms with Gasteiger partial charge in [0.25, 0.3) is 0 Å². The van der Waals surface area contributed by atoms with Gasteiger partial charge < -0.3 is 4.74 Å². The number of hydrogen-bond donors (Lipinski definition) is 0. The molecule has 0 aliphatic carbocycles. The Bertz CT molecular complexity index is 855. The number of esters is 1. The molecule has 3 rings (SSSR count). The molecule has 3 aromatic rings. The van der Waals surface area contributed by atoms with Crippen LogP contribution in [0.4, 0.5) is 0 Å². The van der Waals surface area contributed by atoms with Crippen molar-refractivity contribution in [2.75, 3.05) is 0 Å². The van der Waals surface area contributed by atoms with Crippen LogP contribution in [0.5, 0.6) is 0 Å². The minimum Gasteiger partial charge on any atom is -0.457 e. The molecule has 0 aliphatic heterocycles. The van der Waals surface area contributed by atoms with Gasteiger partial charge in [0, 0.05) is 12.1 Å².